The van der Waals surface area contributed by atoms with E-state index in [1.807, 2.05) is 0 Å². The van der Waals surface area contributed by atoms with E-state index in [1.54, 1.807) is 0 Å². The summed E-state index contributed by atoms with van der Waals surface area (Å²) in [5, 5.41) is 10.9. The van der Waals surface area contributed by atoms with Crippen LogP contribution in [0.4, 0.5) is 18.9 Å². The van der Waals surface area contributed by atoms with Crippen LogP contribution in [0.25, 0.3) is 10.9 Å². The molecule has 0 spiro atoms. The van der Waals surface area contributed by atoms with Crippen molar-refractivity contribution in [3.63, 3.8) is 0 Å². The van der Waals surface area contributed by atoms with E-state index in [2.05, 4.69) is 0 Å². The molecule has 0 fully saturated rings. The smallest absolute Gasteiger partial charge is 0.423 e. The van der Waals surface area contributed by atoms with Gasteiger partial charge in [-0.15, -0.1) is 0 Å². The van der Waals surface area contributed by atoms with Gasteiger partial charge in [0.1, 0.15) is 17.7 Å². The molecule has 0 saturated heterocycles. The molecule has 34 heavy (non-hydrogen) atoms. The van der Waals surface area contributed by atoms with Crippen molar-refractivity contribution >= 4 is 28.4 Å². The molecule has 1 aliphatic heterocycles. The minimum Gasteiger partial charge on any atom is -0.493 e. The van der Waals surface area contributed by atoms with Crippen molar-refractivity contribution in [1.29, 1.82) is 0 Å². The van der Waals surface area contributed by atoms with E-state index >= 15 is 0 Å². The van der Waals surface area contributed by atoms with Crippen LogP contribution < -0.4 is 15.0 Å². The zero-order chi connectivity index (χ0) is 24.9. The fourth-order valence-corrected chi connectivity index (χ4v) is 3.94. The number of benzene rings is 2. The molecule has 2 aromatic carbocycles. The van der Waals surface area contributed by atoms with Crippen LogP contribution >= 0.6 is 0 Å². The molecule has 0 unspecified atom stereocenters. The fraction of sp³-hybridized carbons (Fsp3) is 0.190. The van der Waals surface area contributed by atoms with E-state index in [1.165, 1.54) is 31.4 Å². The lowest BCUT2D eigenvalue weighted by molar-refractivity contribution is -0.389. The predicted octanol–water partition coefficient (Wildman–Crippen LogP) is 3.20. The highest BCUT2D eigenvalue weighted by Gasteiger charge is 2.45. The quantitative estimate of drug-likeness (QED) is 0.314. The Morgan fingerprint density at radius 2 is 1.56 bits per heavy atom. The first-order chi connectivity index (χ1) is 16.0. The summed E-state index contributed by atoms with van der Waals surface area (Å²) in [4.78, 5) is 49.5. The Balaban J connectivity index is 2.09. The van der Waals surface area contributed by atoms with E-state index < -0.39 is 57.3 Å². The van der Waals surface area contributed by atoms with Gasteiger partial charge in [-0.3, -0.25) is 34.0 Å². The number of aromatic nitrogens is 1. The molecule has 0 aliphatic carbocycles. The second kappa shape index (κ2) is 7.86. The highest BCUT2D eigenvalue weighted by atomic mass is 19.4. The predicted molar refractivity (Wildman–Crippen MR) is 110 cm³/mol. The third-order valence-electron chi connectivity index (χ3n) is 5.37. The molecule has 10 nitrogen and oxygen atoms in total. The summed E-state index contributed by atoms with van der Waals surface area (Å²) in [6.07, 6.45) is -5.28. The number of amides is 2. The minimum absolute atomic E-state index is 0.0239. The van der Waals surface area contributed by atoms with Gasteiger partial charge in [0.15, 0.2) is 11.5 Å². The van der Waals surface area contributed by atoms with Crippen molar-refractivity contribution in [2.24, 2.45) is 0 Å². The van der Waals surface area contributed by atoms with Crippen molar-refractivity contribution in [2.75, 3.05) is 14.2 Å². The van der Waals surface area contributed by atoms with Crippen LogP contribution in [0.15, 0.2) is 41.2 Å². The van der Waals surface area contributed by atoms with Gasteiger partial charge in [0.25, 0.3) is 11.8 Å². The monoisotopic (exact) mass is 477 g/mol. The van der Waals surface area contributed by atoms with Gasteiger partial charge in [-0.2, -0.15) is 13.2 Å². The van der Waals surface area contributed by atoms with Gasteiger partial charge < -0.3 is 9.47 Å². The molecule has 1 aliphatic rings. The number of imide groups is 1. The Bertz CT molecular complexity index is 1410. The normalized spacial score (nSPS) is 13.4. The first-order valence-electron chi connectivity index (χ1n) is 9.51. The van der Waals surface area contributed by atoms with Crippen molar-refractivity contribution in [1.82, 2.24) is 9.47 Å². The largest absolute Gasteiger partial charge is 0.493 e. The van der Waals surface area contributed by atoms with Crippen molar-refractivity contribution in [3.05, 3.63) is 73.6 Å². The first kappa shape index (κ1) is 22.8. The molecule has 0 saturated carbocycles. The molecule has 176 valence electrons. The topological polar surface area (TPSA) is 121 Å². The summed E-state index contributed by atoms with van der Waals surface area (Å²) < 4.78 is 52.6. The van der Waals surface area contributed by atoms with Gasteiger partial charge in [0.05, 0.1) is 30.3 Å². The third kappa shape index (κ3) is 3.24. The van der Waals surface area contributed by atoms with E-state index in [4.69, 9.17) is 9.47 Å². The third-order valence-corrected chi connectivity index (χ3v) is 5.37. The van der Waals surface area contributed by atoms with E-state index in [9.17, 15) is 37.7 Å². The van der Waals surface area contributed by atoms with Gasteiger partial charge in [-0.25, -0.2) is 0 Å². The second-order valence-electron chi connectivity index (χ2n) is 7.13. The minimum atomic E-state index is -5.28. The Kier molecular flexibility index (Phi) is 5.26. The summed E-state index contributed by atoms with van der Waals surface area (Å²) in [7, 11) is 2.30. The fourth-order valence-electron chi connectivity index (χ4n) is 3.94. The maximum Gasteiger partial charge on any atom is 0.423 e. The van der Waals surface area contributed by atoms with Crippen molar-refractivity contribution < 1.29 is 37.2 Å². The van der Waals surface area contributed by atoms with Crippen LogP contribution in [0.1, 0.15) is 26.3 Å². The number of alkyl halides is 3. The van der Waals surface area contributed by atoms with Crippen molar-refractivity contribution in [3.8, 4) is 11.5 Å². The lowest BCUT2D eigenvalue weighted by Gasteiger charge is -2.22. The number of carbonyl (C=O) groups is 2. The maximum absolute atomic E-state index is 13.9. The lowest BCUT2D eigenvalue weighted by atomic mass is 10.0. The van der Waals surface area contributed by atoms with E-state index in [-0.39, 0.29) is 22.6 Å². The van der Waals surface area contributed by atoms with Crippen LogP contribution in [0.5, 0.6) is 11.5 Å². The number of pyridine rings is 1. The number of methoxy groups -OCH3 is 2. The van der Waals surface area contributed by atoms with E-state index in [0.717, 1.165) is 19.2 Å². The Hall–Kier alpha value is -4.42. The molecule has 0 N–H and O–H groups in total. The van der Waals surface area contributed by atoms with Gasteiger partial charge in [-0.1, -0.05) is 12.1 Å². The number of fused-ring (bicyclic) bond motifs is 2. The van der Waals surface area contributed by atoms with Crippen LogP contribution in [-0.2, 0) is 12.8 Å². The van der Waals surface area contributed by atoms with Crippen LogP contribution in [0.2, 0.25) is 0 Å². The maximum atomic E-state index is 13.9. The van der Waals surface area contributed by atoms with Gasteiger partial charge in [-0.05, 0) is 24.3 Å². The highest BCUT2D eigenvalue weighted by molar-refractivity contribution is 6.21. The zero-order valence-electron chi connectivity index (χ0n) is 17.5. The molecule has 2 amide bonds. The Labute approximate surface area is 187 Å². The van der Waals surface area contributed by atoms with Crippen molar-refractivity contribution in [2.45, 2.75) is 12.8 Å². The average molecular weight is 477 g/mol. The molecule has 0 radical (unpaired) electrons. The number of hydrogen-bond acceptors (Lipinski definition) is 7. The summed E-state index contributed by atoms with van der Waals surface area (Å²) >= 11 is 0. The van der Waals surface area contributed by atoms with Crippen LogP contribution in [0.3, 0.4) is 0 Å². The van der Waals surface area contributed by atoms with E-state index in [0.29, 0.717) is 9.47 Å². The first-order valence-corrected chi connectivity index (χ1v) is 9.51. The van der Waals surface area contributed by atoms with Crippen LogP contribution in [-0.4, -0.2) is 40.4 Å². The summed E-state index contributed by atoms with van der Waals surface area (Å²) in [5.74, 6) is -2.04. The number of halogens is 3. The molecular formula is C21H14F3N3O7. The molecule has 0 bridgehead atoms. The zero-order valence-corrected chi connectivity index (χ0v) is 17.5. The SMILES string of the molecule is COc1ccc2c(C(F)(F)F)c([N+](=O)[O-])c(=O)n(CN3C(=O)c4ccccc4C3=O)c2c1OC. The van der Waals surface area contributed by atoms with Gasteiger partial charge in [0, 0.05) is 5.39 Å². The lowest BCUT2D eigenvalue weighted by Crippen LogP contribution is -2.38. The second-order valence-corrected chi connectivity index (χ2v) is 7.13. The number of nitrogens with zero attached hydrogens (tertiary/aromatic N) is 3. The average Bonchev–Trinajstić information content (AvgIpc) is 3.03. The van der Waals surface area contributed by atoms with Gasteiger partial charge in [0.2, 0.25) is 0 Å². The highest BCUT2D eigenvalue weighted by Crippen LogP contribution is 2.44. The summed E-state index contributed by atoms with van der Waals surface area (Å²) in [5.41, 5.74) is -5.68. The molecule has 1 aromatic heterocycles. The summed E-state index contributed by atoms with van der Waals surface area (Å²) in [6.45, 7) is -0.899. The molecule has 4 rings (SSSR count). The van der Waals surface area contributed by atoms with Crippen LogP contribution in [0, 0.1) is 10.1 Å². The van der Waals surface area contributed by atoms with Gasteiger partial charge >= 0.3 is 17.4 Å². The molecular weight excluding hydrogens is 463 g/mol. The number of rotatable bonds is 5. The molecule has 0 atom stereocenters. The number of ether oxygens (including phenoxy) is 2. The number of carbonyl (C=O) groups excluding carboxylic acids is 2. The number of hydrogen-bond donors (Lipinski definition) is 0. The molecule has 13 heteroatoms. The summed E-state index contributed by atoms with van der Waals surface area (Å²) in [6, 6.07) is 7.74. The standard InChI is InChI=1S/C21H14F3N3O7/c1-33-13-8-7-12-14(21(22,23)24)16(27(31)32)20(30)25(15(12)17(13)34-2)9-26-18(28)10-5-3-4-6-11(10)19(26)29/h3-8H,9H2,1-2H3. The number of nitro groups is 1. The Morgan fingerprint density at radius 1 is 0.971 bits per heavy atom. The molecule has 3 aromatic rings. The molecule has 2 heterocycles. The Morgan fingerprint density at radius 3 is 2.03 bits per heavy atom.